The summed E-state index contributed by atoms with van der Waals surface area (Å²) in [5.41, 5.74) is 6.68. The van der Waals surface area contributed by atoms with E-state index in [-0.39, 0.29) is 0 Å². The highest BCUT2D eigenvalue weighted by Gasteiger charge is 1.93. The van der Waals surface area contributed by atoms with Crippen molar-refractivity contribution in [2.45, 2.75) is 0 Å². The van der Waals surface area contributed by atoms with Gasteiger partial charge in [0.2, 0.25) is 0 Å². The van der Waals surface area contributed by atoms with E-state index in [2.05, 4.69) is 16.6 Å². The summed E-state index contributed by atoms with van der Waals surface area (Å²) in [4.78, 5) is 0. The third-order valence-corrected chi connectivity index (χ3v) is 1.19. The second kappa shape index (κ2) is 1.49. The molecule has 1 aliphatic heterocycles. The van der Waals surface area contributed by atoms with E-state index in [1.54, 1.807) is 17.1 Å². The number of rotatable bonds is 0. The second-order valence-corrected chi connectivity index (χ2v) is 1.76. The highest BCUT2D eigenvalue weighted by atomic mass is 15.3. The van der Waals surface area contributed by atoms with Gasteiger partial charge in [0.1, 0.15) is 0 Å². The molecule has 42 valence electrons. The first-order valence-electron chi connectivity index (χ1n) is 2.68. The van der Waals surface area contributed by atoms with E-state index < -0.39 is 0 Å². The predicted octanol–water partition coefficient (Wildman–Crippen LogP) is 1.13. The Bertz CT molecular complexity index is 290. The summed E-state index contributed by atoms with van der Waals surface area (Å²) >= 11 is 0. The van der Waals surface area contributed by atoms with Crippen molar-refractivity contribution in [2.75, 3.05) is 0 Å². The molecule has 2 rings (SSSR count). The van der Waals surface area contributed by atoms with Crippen LogP contribution in [0, 0.1) is 0 Å². The first-order chi connectivity index (χ1) is 4.47. The van der Waals surface area contributed by atoms with Crippen molar-refractivity contribution in [3.05, 3.63) is 29.4 Å². The van der Waals surface area contributed by atoms with Gasteiger partial charge in [0.05, 0.1) is 18.1 Å². The van der Waals surface area contributed by atoms with E-state index in [1.165, 1.54) is 0 Å². The zero-order valence-electron chi connectivity index (χ0n) is 4.70. The van der Waals surface area contributed by atoms with Gasteiger partial charge in [-0.05, 0) is 11.8 Å². The Kier molecular flexibility index (Phi) is 0.729. The quantitative estimate of drug-likeness (QED) is 0.472. The Labute approximate surface area is 52.4 Å². The number of hydrogen-bond donors (Lipinski definition) is 0. The fourth-order valence-corrected chi connectivity index (χ4v) is 0.761. The van der Waals surface area contributed by atoms with Gasteiger partial charge in [-0.1, -0.05) is 5.73 Å². The summed E-state index contributed by atoms with van der Waals surface area (Å²) in [5, 5.41) is 3.98. The Morgan fingerprint density at radius 2 is 2.44 bits per heavy atom. The van der Waals surface area contributed by atoms with Crippen LogP contribution in [0.4, 0.5) is 0 Å². The molecule has 2 nitrogen and oxygen atoms in total. The lowest BCUT2D eigenvalue weighted by Gasteiger charge is -1.93. The SMILES string of the molecule is C1=C=Cn2nccc2C=1. The third kappa shape index (κ3) is 0.550. The highest BCUT2D eigenvalue weighted by molar-refractivity contribution is 5.50. The van der Waals surface area contributed by atoms with Crippen molar-refractivity contribution in [3.8, 4) is 0 Å². The molecule has 0 atom stereocenters. The van der Waals surface area contributed by atoms with Gasteiger partial charge in [-0.25, -0.2) is 4.68 Å². The van der Waals surface area contributed by atoms with Crippen LogP contribution in [0.5, 0.6) is 0 Å². The summed E-state index contributed by atoms with van der Waals surface area (Å²) in [7, 11) is 0. The number of hydrogen-bond acceptors (Lipinski definition) is 1. The largest absolute Gasteiger partial charge is 0.232 e. The lowest BCUT2D eigenvalue weighted by molar-refractivity contribution is 0.924. The second-order valence-electron chi connectivity index (χ2n) is 1.76. The Morgan fingerprint density at radius 3 is 3.33 bits per heavy atom. The van der Waals surface area contributed by atoms with Crippen LogP contribution in [0.3, 0.4) is 0 Å². The normalized spacial score (nSPS) is 12.0. The van der Waals surface area contributed by atoms with Gasteiger partial charge in [0.15, 0.2) is 0 Å². The molecule has 1 aromatic rings. The van der Waals surface area contributed by atoms with Gasteiger partial charge in [-0.15, -0.1) is 0 Å². The zero-order valence-corrected chi connectivity index (χ0v) is 4.70. The van der Waals surface area contributed by atoms with Crippen LogP contribution in [-0.2, 0) is 0 Å². The number of aromatic nitrogens is 2. The van der Waals surface area contributed by atoms with Crippen molar-refractivity contribution in [2.24, 2.45) is 0 Å². The van der Waals surface area contributed by atoms with Crippen LogP contribution in [0.1, 0.15) is 5.69 Å². The minimum absolute atomic E-state index is 1.05. The molecule has 0 saturated carbocycles. The molecule has 0 radical (unpaired) electrons. The molecule has 1 aromatic heterocycles. The van der Waals surface area contributed by atoms with Crippen LogP contribution < -0.4 is 0 Å². The van der Waals surface area contributed by atoms with Gasteiger partial charge < -0.3 is 0 Å². The molecular formula is C7H4N2. The van der Waals surface area contributed by atoms with E-state index in [1.807, 2.05) is 12.1 Å². The maximum absolute atomic E-state index is 3.98. The smallest absolute Gasteiger partial charge is 0.0793 e. The molecule has 0 bridgehead atoms. The molecule has 2 heterocycles. The monoisotopic (exact) mass is 116 g/mol. The first kappa shape index (κ1) is 4.39. The summed E-state index contributed by atoms with van der Waals surface area (Å²) in [6.45, 7) is 0. The van der Waals surface area contributed by atoms with E-state index in [0.717, 1.165) is 5.69 Å². The summed E-state index contributed by atoms with van der Waals surface area (Å²) in [6, 6.07) is 1.92. The van der Waals surface area contributed by atoms with Gasteiger partial charge in [0.25, 0.3) is 0 Å². The summed E-state index contributed by atoms with van der Waals surface area (Å²) in [5.74, 6) is 0. The Hall–Kier alpha value is -1.49. The number of nitrogens with zero attached hydrogens (tertiary/aromatic N) is 2. The van der Waals surface area contributed by atoms with Gasteiger partial charge in [-0.2, -0.15) is 5.10 Å². The molecule has 0 aromatic carbocycles. The van der Waals surface area contributed by atoms with Gasteiger partial charge in [0, 0.05) is 6.08 Å². The molecule has 9 heavy (non-hydrogen) atoms. The molecule has 0 amide bonds. The number of fused-ring (bicyclic) bond motifs is 1. The molecule has 1 aliphatic rings. The van der Waals surface area contributed by atoms with Crippen LogP contribution in [0.2, 0.25) is 0 Å². The molecule has 2 heteroatoms. The zero-order chi connectivity index (χ0) is 6.10. The molecule has 0 unspecified atom stereocenters. The highest BCUT2D eigenvalue weighted by Crippen LogP contribution is 2.02. The van der Waals surface area contributed by atoms with Crippen molar-refractivity contribution >= 4 is 12.3 Å². The standard InChI is InChI=1S/C7H4N2/c1-2-6-9-7(3-1)4-5-8-9/h3-6H. The van der Waals surface area contributed by atoms with Crippen LogP contribution in [0.15, 0.2) is 23.7 Å². The molecule has 0 saturated heterocycles. The first-order valence-corrected chi connectivity index (χ1v) is 2.68. The lowest BCUT2D eigenvalue weighted by Crippen LogP contribution is -1.90. The van der Waals surface area contributed by atoms with E-state index in [0.29, 0.717) is 0 Å². The molecule has 0 spiro atoms. The topological polar surface area (TPSA) is 17.8 Å². The Balaban J connectivity index is 2.79. The van der Waals surface area contributed by atoms with Gasteiger partial charge in [-0.3, -0.25) is 0 Å². The predicted molar refractivity (Wildman–Crippen MR) is 34.5 cm³/mol. The molecule has 0 aliphatic carbocycles. The van der Waals surface area contributed by atoms with Crippen molar-refractivity contribution in [3.63, 3.8) is 0 Å². The Morgan fingerprint density at radius 1 is 1.44 bits per heavy atom. The minimum atomic E-state index is 1.05. The van der Waals surface area contributed by atoms with Crippen molar-refractivity contribution in [1.82, 2.24) is 9.78 Å². The molecule has 0 fully saturated rings. The minimum Gasteiger partial charge on any atom is -0.232 e. The molecular weight excluding hydrogens is 112 g/mol. The van der Waals surface area contributed by atoms with E-state index in [4.69, 9.17) is 0 Å². The average Bonchev–Trinajstić information content (AvgIpc) is 2.33. The van der Waals surface area contributed by atoms with E-state index in [9.17, 15) is 0 Å². The maximum atomic E-state index is 3.98. The van der Waals surface area contributed by atoms with Crippen LogP contribution in [0.25, 0.3) is 12.3 Å². The summed E-state index contributed by atoms with van der Waals surface area (Å²) in [6.07, 6.45) is 5.33. The third-order valence-electron chi connectivity index (χ3n) is 1.19. The fraction of sp³-hybridized carbons (Fsp3) is 0. The lowest BCUT2D eigenvalue weighted by atomic mass is 10.4. The fourth-order valence-electron chi connectivity index (χ4n) is 0.761. The molecule has 0 N–H and O–H groups in total. The van der Waals surface area contributed by atoms with Crippen LogP contribution >= 0.6 is 0 Å². The maximum Gasteiger partial charge on any atom is 0.0793 e. The van der Waals surface area contributed by atoms with Crippen molar-refractivity contribution in [1.29, 1.82) is 0 Å². The van der Waals surface area contributed by atoms with Gasteiger partial charge >= 0.3 is 0 Å². The van der Waals surface area contributed by atoms with E-state index >= 15 is 0 Å². The summed E-state index contributed by atoms with van der Waals surface area (Å²) < 4.78 is 1.75. The average molecular weight is 116 g/mol. The van der Waals surface area contributed by atoms with Crippen LogP contribution in [-0.4, -0.2) is 9.78 Å². The van der Waals surface area contributed by atoms with Crippen molar-refractivity contribution < 1.29 is 0 Å².